The van der Waals surface area contributed by atoms with Gasteiger partial charge in [-0.3, -0.25) is 0 Å². The first-order valence-corrected chi connectivity index (χ1v) is 6.27. The maximum absolute atomic E-state index is 10.7. The van der Waals surface area contributed by atoms with Gasteiger partial charge in [0.15, 0.2) is 5.69 Å². The van der Waals surface area contributed by atoms with E-state index in [1.54, 1.807) is 5.38 Å². The van der Waals surface area contributed by atoms with E-state index in [2.05, 4.69) is 11.9 Å². The van der Waals surface area contributed by atoms with Crippen LogP contribution < -0.4 is 0 Å². The largest absolute Gasteiger partial charge is 0.476 e. The summed E-state index contributed by atoms with van der Waals surface area (Å²) in [6, 6.07) is 0. The molecule has 0 amide bonds. The van der Waals surface area contributed by atoms with Gasteiger partial charge in [0, 0.05) is 11.3 Å². The van der Waals surface area contributed by atoms with Crippen LogP contribution in [0.1, 0.15) is 54.0 Å². The van der Waals surface area contributed by atoms with Gasteiger partial charge in [-0.05, 0) is 25.2 Å². The zero-order chi connectivity index (χ0) is 10.8. The van der Waals surface area contributed by atoms with E-state index < -0.39 is 5.97 Å². The number of thiazole rings is 1. The highest BCUT2D eigenvalue weighted by Gasteiger charge is 2.27. The summed E-state index contributed by atoms with van der Waals surface area (Å²) in [5.74, 6) is 0.405. The molecule has 1 aromatic rings. The van der Waals surface area contributed by atoms with Gasteiger partial charge in [0.25, 0.3) is 0 Å². The normalized spacial score (nSPS) is 25.7. The van der Waals surface area contributed by atoms with Crippen LogP contribution >= 0.6 is 11.3 Å². The average Bonchev–Trinajstić information content (AvgIpc) is 2.86. The van der Waals surface area contributed by atoms with Gasteiger partial charge in [0.2, 0.25) is 0 Å². The first-order valence-electron chi connectivity index (χ1n) is 5.39. The van der Waals surface area contributed by atoms with Gasteiger partial charge in [-0.2, -0.15) is 0 Å². The first-order chi connectivity index (χ1) is 7.20. The molecule has 0 radical (unpaired) electrons. The maximum Gasteiger partial charge on any atom is 0.355 e. The van der Waals surface area contributed by atoms with Crippen molar-refractivity contribution in [1.29, 1.82) is 0 Å². The van der Waals surface area contributed by atoms with E-state index in [0.29, 0.717) is 5.92 Å². The zero-order valence-corrected chi connectivity index (χ0v) is 9.59. The SMILES string of the molecule is CCC1CCC(c2nc(C(=O)O)cs2)C1. The van der Waals surface area contributed by atoms with E-state index >= 15 is 0 Å². The molecule has 2 unspecified atom stereocenters. The van der Waals surface area contributed by atoms with Gasteiger partial charge in [0.1, 0.15) is 0 Å². The van der Waals surface area contributed by atoms with Crippen molar-refractivity contribution >= 4 is 17.3 Å². The van der Waals surface area contributed by atoms with Crippen LogP contribution in [-0.2, 0) is 0 Å². The maximum atomic E-state index is 10.7. The average molecular weight is 225 g/mol. The zero-order valence-electron chi connectivity index (χ0n) is 8.77. The van der Waals surface area contributed by atoms with Crippen LogP contribution in [0.3, 0.4) is 0 Å². The Labute approximate surface area is 93.2 Å². The van der Waals surface area contributed by atoms with Crippen LogP contribution in [0.15, 0.2) is 5.38 Å². The van der Waals surface area contributed by atoms with Crippen LogP contribution in [0.4, 0.5) is 0 Å². The molecule has 1 N–H and O–H groups in total. The molecule has 2 rings (SSSR count). The van der Waals surface area contributed by atoms with E-state index in [0.717, 1.165) is 10.9 Å². The lowest BCUT2D eigenvalue weighted by molar-refractivity contribution is 0.0691. The van der Waals surface area contributed by atoms with Crippen LogP contribution in [0.5, 0.6) is 0 Å². The monoisotopic (exact) mass is 225 g/mol. The van der Waals surface area contributed by atoms with Crippen LogP contribution in [-0.4, -0.2) is 16.1 Å². The van der Waals surface area contributed by atoms with Gasteiger partial charge in [-0.15, -0.1) is 11.3 Å². The minimum atomic E-state index is -0.914. The fourth-order valence-corrected chi connectivity index (χ4v) is 3.19. The Morgan fingerprint density at radius 3 is 3.00 bits per heavy atom. The summed E-state index contributed by atoms with van der Waals surface area (Å²) in [7, 11) is 0. The van der Waals surface area contributed by atoms with Crippen molar-refractivity contribution in [1.82, 2.24) is 4.98 Å². The fourth-order valence-electron chi connectivity index (χ4n) is 2.24. The highest BCUT2D eigenvalue weighted by molar-refractivity contribution is 7.09. The molecule has 3 nitrogen and oxygen atoms in total. The lowest BCUT2D eigenvalue weighted by atomic mass is 10.0. The van der Waals surface area contributed by atoms with Gasteiger partial charge in [0.05, 0.1) is 5.01 Å². The standard InChI is InChI=1S/C11H15NO2S/c1-2-7-3-4-8(5-7)10-12-9(6-15-10)11(13)14/h6-8H,2-5H2,1H3,(H,13,14). The van der Waals surface area contributed by atoms with Crippen molar-refractivity contribution in [3.8, 4) is 0 Å². The van der Waals surface area contributed by atoms with Crippen LogP contribution in [0, 0.1) is 5.92 Å². The Morgan fingerprint density at radius 2 is 2.47 bits per heavy atom. The van der Waals surface area contributed by atoms with Crippen molar-refractivity contribution in [2.75, 3.05) is 0 Å². The predicted molar refractivity (Wildman–Crippen MR) is 59.4 cm³/mol. The van der Waals surface area contributed by atoms with E-state index in [1.165, 1.54) is 37.0 Å². The number of carboxylic acids is 1. The lowest BCUT2D eigenvalue weighted by Crippen LogP contribution is -1.99. The number of hydrogen-bond acceptors (Lipinski definition) is 3. The molecule has 2 atom stereocenters. The Bertz CT molecular complexity index is 361. The second-order valence-corrected chi connectivity index (χ2v) is 5.05. The van der Waals surface area contributed by atoms with E-state index in [-0.39, 0.29) is 5.69 Å². The Kier molecular flexibility index (Phi) is 3.05. The summed E-state index contributed by atoms with van der Waals surface area (Å²) in [4.78, 5) is 14.9. The van der Waals surface area contributed by atoms with Gasteiger partial charge in [-0.1, -0.05) is 13.3 Å². The molecule has 1 aliphatic rings. The third-order valence-corrected chi connectivity index (χ3v) is 4.22. The van der Waals surface area contributed by atoms with E-state index in [4.69, 9.17) is 5.11 Å². The van der Waals surface area contributed by atoms with E-state index in [9.17, 15) is 4.79 Å². The Balaban J connectivity index is 2.07. The summed E-state index contributed by atoms with van der Waals surface area (Å²) in [5, 5.41) is 11.5. The van der Waals surface area contributed by atoms with Gasteiger partial charge >= 0.3 is 5.97 Å². The van der Waals surface area contributed by atoms with Gasteiger partial charge < -0.3 is 5.11 Å². The van der Waals surface area contributed by atoms with Crippen molar-refractivity contribution < 1.29 is 9.90 Å². The molecule has 0 aliphatic heterocycles. The minimum absolute atomic E-state index is 0.204. The topological polar surface area (TPSA) is 50.2 Å². The smallest absolute Gasteiger partial charge is 0.355 e. The number of rotatable bonds is 3. The summed E-state index contributed by atoms with van der Waals surface area (Å²) < 4.78 is 0. The summed E-state index contributed by atoms with van der Waals surface area (Å²) in [5.41, 5.74) is 0.204. The molecule has 1 aliphatic carbocycles. The molecule has 15 heavy (non-hydrogen) atoms. The third kappa shape index (κ3) is 2.20. The van der Waals surface area contributed by atoms with Crippen molar-refractivity contribution in [3.05, 3.63) is 16.1 Å². The molecule has 0 bridgehead atoms. The molecule has 0 saturated heterocycles. The second kappa shape index (κ2) is 4.31. The minimum Gasteiger partial charge on any atom is -0.476 e. The fraction of sp³-hybridized carbons (Fsp3) is 0.636. The molecule has 1 saturated carbocycles. The Hall–Kier alpha value is -0.900. The second-order valence-electron chi connectivity index (χ2n) is 4.16. The summed E-state index contributed by atoms with van der Waals surface area (Å²) in [6.07, 6.45) is 4.85. The third-order valence-electron chi connectivity index (χ3n) is 3.21. The first kappa shape index (κ1) is 10.6. The number of aromatic nitrogens is 1. The van der Waals surface area contributed by atoms with Crippen LogP contribution in [0.25, 0.3) is 0 Å². The predicted octanol–water partition coefficient (Wildman–Crippen LogP) is 3.14. The summed E-state index contributed by atoms with van der Waals surface area (Å²) >= 11 is 1.50. The summed E-state index contributed by atoms with van der Waals surface area (Å²) in [6.45, 7) is 2.22. The van der Waals surface area contributed by atoms with Gasteiger partial charge in [-0.25, -0.2) is 9.78 Å². The highest BCUT2D eigenvalue weighted by Crippen LogP contribution is 2.40. The number of carbonyl (C=O) groups is 1. The molecule has 1 heterocycles. The van der Waals surface area contributed by atoms with Crippen molar-refractivity contribution in [2.24, 2.45) is 5.92 Å². The van der Waals surface area contributed by atoms with E-state index in [1.807, 2.05) is 0 Å². The molecule has 1 aromatic heterocycles. The number of nitrogens with zero attached hydrogens (tertiary/aromatic N) is 1. The highest BCUT2D eigenvalue weighted by atomic mass is 32.1. The molecular weight excluding hydrogens is 210 g/mol. The quantitative estimate of drug-likeness (QED) is 0.859. The molecule has 82 valence electrons. The van der Waals surface area contributed by atoms with Crippen molar-refractivity contribution in [3.63, 3.8) is 0 Å². The number of aromatic carboxylic acids is 1. The molecule has 1 fully saturated rings. The number of hydrogen-bond donors (Lipinski definition) is 1. The number of carboxylic acid groups (broad SMARTS) is 1. The molecule has 0 aromatic carbocycles. The molecular formula is C11H15NO2S. The van der Waals surface area contributed by atoms with Crippen LogP contribution in [0.2, 0.25) is 0 Å². The lowest BCUT2D eigenvalue weighted by Gasteiger charge is -2.05. The molecule has 0 spiro atoms. The molecule has 4 heteroatoms. The van der Waals surface area contributed by atoms with Crippen molar-refractivity contribution in [2.45, 2.75) is 38.5 Å². The Morgan fingerprint density at radius 1 is 1.67 bits per heavy atom.